The average molecular weight is 289 g/mol. The highest BCUT2D eigenvalue weighted by molar-refractivity contribution is 6.17. The molecule has 0 aliphatic carbocycles. The van der Waals surface area contributed by atoms with Gasteiger partial charge in [0.1, 0.15) is 5.82 Å². The summed E-state index contributed by atoms with van der Waals surface area (Å²) in [5, 5.41) is 0. The Morgan fingerprint density at radius 2 is 1.80 bits per heavy atom. The lowest BCUT2D eigenvalue weighted by atomic mass is 10.1. The number of anilines is 2. The molecule has 0 aliphatic rings. The molecular weight excluding hydrogens is 268 g/mol. The van der Waals surface area contributed by atoms with E-state index in [0.717, 1.165) is 29.2 Å². The SMILES string of the molecule is CCc1ccc(N(C)c2nc(C)cc(C)c2CCl)cc1. The zero-order valence-electron chi connectivity index (χ0n) is 12.6. The number of hydrogen-bond donors (Lipinski definition) is 0. The summed E-state index contributed by atoms with van der Waals surface area (Å²) in [6, 6.07) is 10.7. The first kappa shape index (κ1) is 14.9. The second kappa shape index (κ2) is 6.27. The van der Waals surface area contributed by atoms with E-state index < -0.39 is 0 Å². The van der Waals surface area contributed by atoms with Crippen LogP contribution in [0.2, 0.25) is 0 Å². The first-order valence-electron chi connectivity index (χ1n) is 6.92. The van der Waals surface area contributed by atoms with Gasteiger partial charge in [0.05, 0.1) is 5.88 Å². The predicted molar refractivity (Wildman–Crippen MR) is 87.2 cm³/mol. The van der Waals surface area contributed by atoms with Crippen LogP contribution in [0.1, 0.15) is 29.3 Å². The highest BCUT2D eigenvalue weighted by Gasteiger charge is 2.13. The predicted octanol–water partition coefficient (Wildman–Crippen LogP) is 4.77. The van der Waals surface area contributed by atoms with Crippen molar-refractivity contribution in [1.82, 2.24) is 4.98 Å². The van der Waals surface area contributed by atoms with Crippen LogP contribution in [0.3, 0.4) is 0 Å². The average Bonchev–Trinajstić information content (AvgIpc) is 2.46. The highest BCUT2D eigenvalue weighted by atomic mass is 35.5. The standard InChI is InChI=1S/C17H21ClN2/c1-5-14-6-8-15(9-7-14)20(4)17-16(11-18)12(2)10-13(3)19-17/h6-10H,5,11H2,1-4H3. The highest BCUT2D eigenvalue weighted by Crippen LogP contribution is 2.29. The maximum Gasteiger partial charge on any atom is 0.137 e. The number of rotatable bonds is 4. The van der Waals surface area contributed by atoms with Gasteiger partial charge in [0, 0.05) is 24.0 Å². The van der Waals surface area contributed by atoms with Crippen LogP contribution in [0, 0.1) is 13.8 Å². The molecule has 20 heavy (non-hydrogen) atoms. The molecule has 0 bridgehead atoms. The largest absolute Gasteiger partial charge is 0.329 e. The molecule has 0 aliphatic heterocycles. The number of aryl methyl sites for hydroxylation is 3. The van der Waals surface area contributed by atoms with Crippen molar-refractivity contribution in [3.63, 3.8) is 0 Å². The molecule has 0 atom stereocenters. The Bertz CT molecular complexity index is 591. The van der Waals surface area contributed by atoms with Crippen molar-refractivity contribution in [1.29, 1.82) is 0 Å². The van der Waals surface area contributed by atoms with Crippen molar-refractivity contribution in [2.45, 2.75) is 33.1 Å². The van der Waals surface area contributed by atoms with Crippen LogP contribution in [0.5, 0.6) is 0 Å². The summed E-state index contributed by atoms with van der Waals surface area (Å²) in [6.07, 6.45) is 1.05. The van der Waals surface area contributed by atoms with Crippen LogP contribution in [-0.2, 0) is 12.3 Å². The van der Waals surface area contributed by atoms with Gasteiger partial charge < -0.3 is 4.90 Å². The van der Waals surface area contributed by atoms with Gasteiger partial charge in [0.2, 0.25) is 0 Å². The van der Waals surface area contributed by atoms with Gasteiger partial charge in [-0.2, -0.15) is 0 Å². The summed E-state index contributed by atoms with van der Waals surface area (Å²) in [7, 11) is 2.04. The second-order valence-electron chi connectivity index (χ2n) is 5.10. The Labute approximate surface area is 126 Å². The minimum Gasteiger partial charge on any atom is -0.329 e. The number of pyridine rings is 1. The number of hydrogen-bond acceptors (Lipinski definition) is 2. The number of benzene rings is 1. The van der Waals surface area contributed by atoms with Crippen LogP contribution < -0.4 is 4.90 Å². The van der Waals surface area contributed by atoms with Crippen molar-refractivity contribution < 1.29 is 0 Å². The van der Waals surface area contributed by atoms with Crippen LogP contribution in [0.25, 0.3) is 0 Å². The summed E-state index contributed by atoms with van der Waals surface area (Å²) >= 11 is 6.10. The van der Waals surface area contributed by atoms with Gasteiger partial charge in [-0.15, -0.1) is 11.6 Å². The van der Waals surface area contributed by atoms with Gasteiger partial charge >= 0.3 is 0 Å². The summed E-state index contributed by atoms with van der Waals surface area (Å²) in [5.74, 6) is 1.42. The van der Waals surface area contributed by atoms with Crippen molar-refractivity contribution in [3.05, 3.63) is 52.7 Å². The zero-order valence-corrected chi connectivity index (χ0v) is 13.3. The molecule has 0 saturated carbocycles. The molecule has 3 heteroatoms. The molecule has 1 heterocycles. The molecule has 0 amide bonds. The maximum absolute atomic E-state index is 6.10. The third-order valence-electron chi connectivity index (χ3n) is 3.64. The Morgan fingerprint density at radius 1 is 1.15 bits per heavy atom. The minimum atomic E-state index is 0.478. The Morgan fingerprint density at radius 3 is 2.35 bits per heavy atom. The van der Waals surface area contributed by atoms with Crippen LogP contribution in [0.4, 0.5) is 11.5 Å². The van der Waals surface area contributed by atoms with E-state index in [1.54, 1.807) is 0 Å². The molecule has 2 aromatic rings. The summed E-state index contributed by atoms with van der Waals surface area (Å²) in [5.41, 5.74) is 5.78. The monoisotopic (exact) mass is 288 g/mol. The van der Waals surface area contributed by atoms with Gasteiger partial charge in [0.25, 0.3) is 0 Å². The van der Waals surface area contributed by atoms with E-state index in [9.17, 15) is 0 Å². The smallest absolute Gasteiger partial charge is 0.137 e. The van der Waals surface area contributed by atoms with E-state index >= 15 is 0 Å². The molecule has 1 aromatic heterocycles. The first-order chi connectivity index (χ1) is 9.56. The lowest BCUT2D eigenvalue weighted by Gasteiger charge is -2.22. The van der Waals surface area contributed by atoms with Gasteiger partial charge in [-0.3, -0.25) is 0 Å². The van der Waals surface area contributed by atoms with Gasteiger partial charge in [-0.1, -0.05) is 19.1 Å². The zero-order chi connectivity index (χ0) is 14.7. The van der Waals surface area contributed by atoms with E-state index in [1.807, 2.05) is 14.0 Å². The summed E-state index contributed by atoms with van der Waals surface area (Å²) in [4.78, 5) is 6.77. The van der Waals surface area contributed by atoms with E-state index in [-0.39, 0.29) is 0 Å². The molecule has 0 saturated heterocycles. The number of alkyl halides is 1. The summed E-state index contributed by atoms with van der Waals surface area (Å²) < 4.78 is 0. The Hall–Kier alpha value is -1.54. The van der Waals surface area contributed by atoms with Crippen LogP contribution in [-0.4, -0.2) is 12.0 Å². The molecule has 0 unspecified atom stereocenters. The molecule has 0 radical (unpaired) electrons. The topological polar surface area (TPSA) is 16.1 Å². The van der Waals surface area contributed by atoms with Crippen molar-refractivity contribution in [2.75, 3.05) is 11.9 Å². The molecule has 0 N–H and O–H groups in total. The number of nitrogens with zero attached hydrogens (tertiary/aromatic N) is 2. The first-order valence-corrected chi connectivity index (χ1v) is 7.46. The molecule has 0 spiro atoms. The minimum absolute atomic E-state index is 0.478. The normalized spacial score (nSPS) is 10.7. The van der Waals surface area contributed by atoms with E-state index in [2.05, 4.69) is 54.1 Å². The molecule has 0 fully saturated rings. The Balaban J connectivity index is 2.43. The van der Waals surface area contributed by atoms with Crippen molar-refractivity contribution >= 4 is 23.1 Å². The lowest BCUT2D eigenvalue weighted by molar-refractivity contribution is 1.04. The van der Waals surface area contributed by atoms with Gasteiger partial charge in [0.15, 0.2) is 0 Å². The van der Waals surface area contributed by atoms with E-state index in [4.69, 9.17) is 11.6 Å². The molecule has 1 aromatic carbocycles. The van der Waals surface area contributed by atoms with Gasteiger partial charge in [-0.25, -0.2) is 4.98 Å². The van der Waals surface area contributed by atoms with E-state index in [1.165, 1.54) is 11.1 Å². The number of halogens is 1. The van der Waals surface area contributed by atoms with E-state index in [0.29, 0.717) is 5.88 Å². The summed E-state index contributed by atoms with van der Waals surface area (Å²) in [6.45, 7) is 6.27. The molecule has 106 valence electrons. The second-order valence-corrected chi connectivity index (χ2v) is 5.36. The molecule has 2 rings (SSSR count). The third-order valence-corrected chi connectivity index (χ3v) is 3.90. The molecular formula is C17H21ClN2. The quantitative estimate of drug-likeness (QED) is 0.754. The van der Waals surface area contributed by atoms with Crippen LogP contribution >= 0.6 is 11.6 Å². The maximum atomic E-state index is 6.10. The fraction of sp³-hybridized carbons (Fsp3) is 0.353. The fourth-order valence-corrected chi connectivity index (χ4v) is 2.69. The lowest BCUT2D eigenvalue weighted by Crippen LogP contribution is -2.14. The van der Waals surface area contributed by atoms with Gasteiger partial charge in [-0.05, 0) is 49.6 Å². The molecule has 2 nitrogen and oxygen atoms in total. The number of aromatic nitrogens is 1. The van der Waals surface area contributed by atoms with Crippen molar-refractivity contribution in [2.24, 2.45) is 0 Å². The van der Waals surface area contributed by atoms with Crippen molar-refractivity contribution in [3.8, 4) is 0 Å². The van der Waals surface area contributed by atoms with Crippen LogP contribution in [0.15, 0.2) is 30.3 Å². The fourth-order valence-electron chi connectivity index (χ4n) is 2.36. The third kappa shape index (κ3) is 2.96. The Kier molecular flexibility index (Phi) is 4.66.